The van der Waals surface area contributed by atoms with Gasteiger partial charge in [-0.05, 0) is 17.5 Å². The van der Waals surface area contributed by atoms with E-state index in [0.29, 0.717) is 5.92 Å². The zero-order chi connectivity index (χ0) is 6.43. The van der Waals surface area contributed by atoms with E-state index in [0.717, 1.165) is 0 Å². The van der Waals surface area contributed by atoms with Crippen LogP contribution in [0.5, 0.6) is 0 Å². The van der Waals surface area contributed by atoms with Crippen molar-refractivity contribution in [2.75, 3.05) is 0 Å². The highest BCUT2D eigenvalue weighted by Crippen LogP contribution is 2.37. The number of aromatic nitrogens is 1. The third-order valence-electron chi connectivity index (χ3n) is 1.83. The van der Waals surface area contributed by atoms with Crippen molar-refractivity contribution in [1.29, 1.82) is 0 Å². The van der Waals surface area contributed by atoms with Gasteiger partial charge in [0.15, 0.2) is 0 Å². The molecule has 0 aromatic carbocycles. The van der Waals surface area contributed by atoms with E-state index in [1.165, 1.54) is 16.8 Å². The van der Waals surface area contributed by atoms with Crippen LogP contribution in [-0.2, 0) is 0 Å². The van der Waals surface area contributed by atoms with Gasteiger partial charge in [-0.3, -0.25) is 4.98 Å². The van der Waals surface area contributed by atoms with Gasteiger partial charge in [0.2, 0.25) is 0 Å². The molecule has 2 aliphatic rings. The zero-order valence-electron chi connectivity index (χ0n) is 5.68. The molecule has 0 aromatic rings. The molecule has 0 saturated carbocycles. The van der Waals surface area contributed by atoms with E-state index in [-0.39, 0.29) is 0 Å². The summed E-state index contributed by atoms with van der Waals surface area (Å²) in [4.78, 5) is 4.05. The number of hydrogen-bond donors (Lipinski definition) is 0. The van der Waals surface area contributed by atoms with Gasteiger partial charge in [-0.15, -0.1) is 0 Å². The van der Waals surface area contributed by atoms with E-state index in [9.17, 15) is 0 Å². The summed E-state index contributed by atoms with van der Waals surface area (Å²) in [5.74, 6) is 0.676. The summed E-state index contributed by atoms with van der Waals surface area (Å²) in [5.41, 5.74) is 4.07. The molecule has 0 saturated heterocycles. The molecule has 0 bridgehead atoms. The van der Waals surface area contributed by atoms with Crippen LogP contribution in [0, 0.1) is 0 Å². The molecule has 0 radical (unpaired) electrons. The fraction of sp³-hybridized carbons (Fsp3) is 0.375. The van der Waals surface area contributed by atoms with Crippen molar-refractivity contribution in [1.82, 2.24) is 4.98 Å². The summed E-state index contributed by atoms with van der Waals surface area (Å²) in [6, 6.07) is 2.17. The van der Waals surface area contributed by atoms with E-state index >= 15 is 0 Å². The Balaban J connectivity index is 2.40. The van der Waals surface area contributed by atoms with Crippen LogP contribution in [-0.4, -0.2) is 4.98 Å². The molecule has 1 aliphatic carbocycles. The molecule has 0 aromatic heterocycles. The minimum Gasteiger partial charge on any atom is -0.255 e. The van der Waals surface area contributed by atoms with Crippen LogP contribution in [0.25, 0.3) is 11.3 Å². The van der Waals surface area contributed by atoms with Gasteiger partial charge in [0.1, 0.15) is 0 Å². The lowest BCUT2D eigenvalue weighted by molar-refractivity contribution is 0.850. The molecule has 0 unspecified atom stereocenters. The number of fused-ring (bicyclic) bond motifs is 1. The van der Waals surface area contributed by atoms with E-state index in [1.807, 2.05) is 6.20 Å². The lowest BCUT2D eigenvalue weighted by Crippen LogP contribution is -2.05. The summed E-state index contributed by atoms with van der Waals surface area (Å²) >= 11 is 0. The highest BCUT2D eigenvalue weighted by atomic mass is 14.7. The molecule has 2 rings (SSSR count). The van der Waals surface area contributed by atoms with Crippen LogP contribution in [0.3, 0.4) is 0 Å². The fourth-order valence-electron chi connectivity index (χ4n) is 1.17. The van der Waals surface area contributed by atoms with Crippen molar-refractivity contribution in [3.05, 3.63) is 17.8 Å². The van der Waals surface area contributed by atoms with Crippen LogP contribution in [0.1, 0.15) is 25.3 Å². The van der Waals surface area contributed by atoms with Crippen molar-refractivity contribution in [3.8, 4) is 11.3 Å². The molecule has 1 heterocycles. The second-order valence-corrected chi connectivity index (χ2v) is 2.81. The molecular formula is C8H9N. The number of hydrogen-bond acceptors (Lipinski definition) is 1. The molecule has 9 heavy (non-hydrogen) atoms. The van der Waals surface area contributed by atoms with E-state index < -0.39 is 0 Å². The lowest BCUT2D eigenvalue weighted by Gasteiger charge is -2.21. The quantitative estimate of drug-likeness (QED) is 0.560. The average molecular weight is 119 g/mol. The molecule has 0 fully saturated rings. The second kappa shape index (κ2) is 1.35. The van der Waals surface area contributed by atoms with Gasteiger partial charge in [-0.1, -0.05) is 13.8 Å². The summed E-state index contributed by atoms with van der Waals surface area (Å²) in [5, 5.41) is 0. The Bertz CT molecular complexity index is 251. The Morgan fingerprint density at radius 2 is 2.22 bits per heavy atom. The lowest BCUT2D eigenvalue weighted by atomic mass is 9.88. The van der Waals surface area contributed by atoms with Gasteiger partial charge in [0.25, 0.3) is 0 Å². The van der Waals surface area contributed by atoms with Gasteiger partial charge < -0.3 is 0 Å². The summed E-state index contributed by atoms with van der Waals surface area (Å²) in [7, 11) is 0. The van der Waals surface area contributed by atoms with E-state index in [2.05, 4.69) is 24.9 Å². The van der Waals surface area contributed by atoms with Crippen molar-refractivity contribution >= 4 is 0 Å². The molecule has 0 atom stereocenters. The standard InChI is InChI=1S/C8H9N/c1-5(2)6-3-8-7(6)4-9-8/h3-5H,1-2H3. The summed E-state index contributed by atoms with van der Waals surface area (Å²) in [6.07, 6.45) is 1.95. The van der Waals surface area contributed by atoms with Gasteiger partial charge in [-0.25, -0.2) is 0 Å². The van der Waals surface area contributed by atoms with Crippen molar-refractivity contribution < 1.29 is 0 Å². The Labute approximate surface area is 54.7 Å². The van der Waals surface area contributed by atoms with Crippen molar-refractivity contribution in [3.63, 3.8) is 0 Å². The topological polar surface area (TPSA) is 12.9 Å². The normalized spacial score (nSPS) is 12.3. The average Bonchev–Trinajstić information content (AvgIpc) is 1.76. The van der Waals surface area contributed by atoms with Crippen LogP contribution < -0.4 is 0 Å². The van der Waals surface area contributed by atoms with Crippen molar-refractivity contribution in [2.45, 2.75) is 19.8 Å². The Morgan fingerprint density at radius 3 is 2.33 bits per heavy atom. The van der Waals surface area contributed by atoms with Gasteiger partial charge in [-0.2, -0.15) is 0 Å². The predicted octanol–water partition coefficient (Wildman–Crippen LogP) is 2.19. The highest BCUT2D eigenvalue weighted by Gasteiger charge is 2.19. The SMILES string of the molecule is CC(C)c1cc2ncc1-2. The first-order valence-electron chi connectivity index (χ1n) is 3.29. The molecule has 0 N–H and O–H groups in total. The van der Waals surface area contributed by atoms with Crippen molar-refractivity contribution in [2.24, 2.45) is 0 Å². The van der Waals surface area contributed by atoms with Gasteiger partial charge in [0.05, 0.1) is 5.69 Å². The minimum absolute atomic E-state index is 0.676. The number of rotatable bonds is 1. The fourth-order valence-corrected chi connectivity index (χ4v) is 1.17. The number of nitrogens with zero attached hydrogens (tertiary/aromatic N) is 1. The Kier molecular flexibility index (Phi) is 0.747. The molecular weight excluding hydrogens is 110 g/mol. The van der Waals surface area contributed by atoms with E-state index in [4.69, 9.17) is 0 Å². The molecule has 46 valence electrons. The summed E-state index contributed by atoms with van der Waals surface area (Å²) in [6.45, 7) is 4.42. The zero-order valence-corrected chi connectivity index (χ0v) is 5.68. The van der Waals surface area contributed by atoms with Gasteiger partial charge in [0, 0.05) is 11.8 Å². The molecule has 1 heteroatoms. The summed E-state index contributed by atoms with van der Waals surface area (Å²) < 4.78 is 0. The van der Waals surface area contributed by atoms with Crippen LogP contribution in [0.15, 0.2) is 12.3 Å². The molecule has 1 nitrogen and oxygen atoms in total. The maximum Gasteiger partial charge on any atom is 0.0723 e. The second-order valence-electron chi connectivity index (χ2n) is 2.81. The maximum absolute atomic E-state index is 4.05. The Hall–Kier alpha value is -0.850. The molecule has 0 amide bonds. The predicted molar refractivity (Wildman–Crippen MR) is 37.3 cm³/mol. The third-order valence-corrected chi connectivity index (χ3v) is 1.83. The maximum atomic E-state index is 4.05. The van der Waals surface area contributed by atoms with E-state index in [1.54, 1.807) is 0 Å². The van der Waals surface area contributed by atoms with Crippen LogP contribution in [0.2, 0.25) is 0 Å². The highest BCUT2D eigenvalue weighted by molar-refractivity contribution is 5.75. The largest absolute Gasteiger partial charge is 0.255 e. The van der Waals surface area contributed by atoms with Gasteiger partial charge >= 0.3 is 0 Å². The van der Waals surface area contributed by atoms with Crippen LogP contribution >= 0.6 is 0 Å². The molecule has 1 aliphatic heterocycles. The van der Waals surface area contributed by atoms with Crippen LogP contribution in [0.4, 0.5) is 0 Å². The third kappa shape index (κ3) is 0.467. The minimum atomic E-state index is 0.676. The molecule has 0 spiro atoms. The smallest absolute Gasteiger partial charge is 0.0723 e. The Morgan fingerprint density at radius 1 is 1.44 bits per heavy atom. The monoisotopic (exact) mass is 119 g/mol. The number of pyridine rings is 1. The first-order chi connectivity index (χ1) is 4.29. The first-order valence-corrected chi connectivity index (χ1v) is 3.29. The first kappa shape index (κ1) is 4.98.